The van der Waals surface area contributed by atoms with Crippen molar-refractivity contribution in [2.45, 2.75) is 52.0 Å². The van der Waals surface area contributed by atoms with Gasteiger partial charge in [0, 0.05) is 68.0 Å². The van der Waals surface area contributed by atoms with Crippen molar-refractivity contribution in [2.24, 2.45) is 0 Å². The Morgan fingerprint density at radius 1 is 0.927 bits per heavy atom. The number of ether oxygens (including phenoxy) is 1. The van der Waals surface area contributed by atoms with Crippen molar-refractivity contribution in [3.63, 3.8) is 0 Å². The number of fused-ring (bicyclic) bond motifs is 1. The highest BCUT2D eigenvalue weighted by Gasteiger charge is 2.22. The Morgan fingerprint density at radius 3 is 2.49 bits per heavy atom. The summed E-state index contributed by atoms with van der Waals surface area (Å²) in [5, 5.41) is 6.45. The Morgan fingerprint density at radius 2 is 1.68 bits per heavy atom. The van der Waals surface area contributed by atoms with Crippen LogP contribution in [0, 0.1) is 6.92 Å². The first kappa shape index (κ1) is 27.3. The zero-order valence-electron chi connectivity index (χ0n) is 24.1. The van der Waals surface area contributed by atoms with Crippen LogP contribution in [0.3, 0.4) is 0 Å². The molecular weight excluding hydrogens is 514 g/mol. The molecule has 0 aliphatic carbocycles. The number of hydrogen-bond acceptors (Lipinski definition) is 7. The molecule has 0 bridgehead atoms. The van der Waals surface area contributed by atoms with E-state index in [-0.39, 0.29) is 6.03 Å². The monoisotopic (exact) mass is 555 g/mol. The average Bonchev–Trinajstić information content (AvgIpc) is 3.53. The Bertz CT molecular complexity index is 1330. The zero-order valence-corrected chi connectivity index (χ0v) is 24.1. The SMILES string of the molecule is Cc1ccc(NC(=O)N2CCCCC2)cc1N1CCc2nc(Nc3ccc(OCCN4CCCC4)cc3)ncc2C1. The number of aryl methyl sites for hydroxylation is 1. The number of nitrogens with zero attached hydrogens (tertiary/aromatic N) is 5. The number of carbonyl (C=O) groups is 1. The molecule has 6 rings (SSSR count). The summed E-state index contributed by atoms with van der Waals surface area (Å²) in [5.41, 5.74) is 6.31. The molecule has 2 aromatic carbocycles. The number of urea groups is 1. The summed E-state index contributed by atoms with van der Waals surface area (Å²) in [4.78, 5) is 28.9. The maximum Gasteiger partial charge on any atom is 0.321 e. The lowest BCUT2D eigenvalue weighted by Crippen LogP contribution is -2.38. The van der Waals surface area contributed by atoms with Gasteiger partial charge in [0.25, 0.3) is 0 Å². The second kappa shape index (κ2) is 12.8. The predicted octanol–water partition coefficient (Wildman–Crippen LogP) is 5.58. The largest absolute Gasteiger partial charge is 0.492 e. The van der Waals surface area contributed by atoms with Crippen molar-refractivity contribution in [1.29, 1.82) is 0 Å². The summed E-state index contributed by atoms with van der Waals surface area (Å²) in [7, 11) is 0. The first-order valence-corrected chi connectivity index (χ1v) is 15.1. The van der Waals surface area contributed by atoms with Gasteiger partial charge in [-0.2, -0.15) is 0 Å². The smallest absolute Gasteiger partial charge is 0.321 e. The van der Waals surface area contributed by atoms with Crippen LogP contribution in [-0.4, -0.2) is 71.7 Å². The summed E-state index contributed by atoms with van der Waals surface area (Å²) in [6.45, 7) is 9.48. The second-order valence-corrected chi connectivity index (χ2v) is 11.4. The van der Waals surface area contributed by atoms with E-state index in [0.29, 0.717) is 5.95 Å². The molecular formula is C32H41N7O2. The summed E-state index contributed by atoms with van der Waals surface area (Å²) >= 11 is 0. The van der Waals surface area contributed by atoms with Crippen molar-refractivity contribution in [1.82, 2.24) is 19.8 Å². The molecule has 4 heterocycles. The Hall–Kier alpha value is -3.85. The van der Waals surface area contributed by atoms with Gasteiger partial charge in [0.1, 0.15) is 12.4 Å². The van der Waals surface area contributed by atoms with E-state index in [1.165, 1.54) is 37.9 Å². The molecule has 2 amide bonds. The number of anilines is 4. The van der Waals surface area contributed by atoms with E-state index in [1.54, 1.807) is 0 Å². The van der Waals surface area contributed by atoms with Crippen LogP contribution in [0.1, 0.15) is 48.9 Å². The third-order valence-electron chi connectivity index (χ3n) is 8.36. The molecule has 0 radical (unpaired) electrons. The molecule has 9 nitrogen and oxygen atoms in total. The topological polar surface area (TPSA) is 85.9 Å². The van der Waals surface area contributed by atoms with Crippen molar-refractivity contribution >= 4 is 29.0 Å². The fourth-order valence-corrected chi connectivity index (χ4v) is 5.97. The molecule has 0 saturated carbocycles. The van der Waals surface area contributed by atoms with Gasteiger partial charge < -0.3 is 25.2 Å². The van der Waals surface area contributed by atoms with Crippen LogP contribution in [0.25, 0.3) is 0 Å². The van der Waals surface area contributed by atoms with Crippen molar-refractivity contribution in [3.8, 4) is 5.75 Å². The van der Waals surface area contributed by atoms with E-state index >= 15 is 0 Å². The fraction of sp³-hybridized carbons (Fsp3) is 0.469. The van der Waals surface area contributed by atoms with Crippen LogP contribution in [0.5, 0.6) is 5.75 Å². The van der Waals surface area contributed by atoms with E-state index in [4.69, 9.17) is 9.72 Å². The molecule has 216 valence electrons. The van der Waals surface area contributed by atoms with E-state index < -0.39 is 0 Å². The Labute approximate surface area is 242 Å². The fourth-order valence-electron chi connectivity index (χ4n) is 5.97. The third-order valence-corrected chi connectivity index (χ3v) is 8.36. The summed E-state index contributed by atoms with van der Waals surface area (Å²) < 4.78 is 5.93. The van der Waals surface area contributed by atoms with E-state index in [0.717, 1.165) is 92.7 Å². The van der Waals surface area contributed by atoms with E-state index in [9.17, 15) is 4.79 Å². The van der Waals surface area contributed by atoms with Gasteiger partial charge in [0.15, 0.2) is 0 Å². The lowest BCUT2D eigenvalue weighted by molar-refractivity contribution is 0.200. The van der Waals surface area contributed by atoms with Gasteiger partial charge in [-0.05, 0) is 94.1 Å². The van der Waals surface area contributed by atoms with Crippen LogP contribution in [0.15, 0.2) is 48.7 Å². The van der Waals surface area contributed by atoms with Gasteiger partial charge >= 0.3 is 6.03 Å². The van der Waals surface area contributed by atoms with Gasteiger partial charge in [-0.15, -0.1) is 0 Å². The number of rotatable bonds is 8. The van der Waals surface area contributed by atoms with Gasteiger partial charge in [-0.3, -0.25) is 4.90 Å². The molecule has 3 aliphatic rings. The van der Waals surface area contributed by atoms with E-state index in [2.05, 4.69) is 44.5 Å². The highest BCUT2D eigenvalue weighted by molar-refractivity contribution is 5.90. The summed E-state index contributed by atoms with van der Waals surface area (Å²) in [6, 6.07) is 14.2. The first-order chi connectivity index (χ1) is 20.1. The van der Waals surface area contributed by atoms with Crippen LogP contribution >= 0.6 is 0 Å². The number of amides is 2. The number of likely N-dealkylation sites (tertiary alicyclic amines) is 2. The maximum atomic E-state index is 12.7. The van der Waals surface area contributed by atoms with Gasteiger partial charge in [-0.1, -0.05) is 6.07 Å². The number of hydrogen-bond donors (Lipinski definition) is 2. The molecule has 0 unspecified atom stereocenters. The van der Waals surface area contributed by atoms with Crippen molar-refractivity contribution < 1.29 is 9.53 Å². The highest BCUT2D eigenvalue weighted by Crippen LogP contribution is 2.30. The standard InChI is InChI=1S/C32H41N7O2/c1-24-7-8-27(35-32(40)38-16-3-2-4-17-38)21-30(24)39-18-13-29-25(23-39)22-33-31(36-29)34-26-9-11-28(12-10-26)41-20-19-37-14-5-6-15-37/h7-12,21-22H,2-6,13-20,23H2,1H3,(H,35,40)(H,33,34,36). The zero-order chi connectivity index (χ0) is 28.0. The quantitative estimate of drug-likeness (QED) is 0.375. The molecule has 2 N–H and O–H groups in total. The molecule has 3 aromatic rings. The Kier molecular flexibility index (Phi) is 8.51. The van der Waals surface area contributed by atoms with Gasteiger partial charge in [0.05, 0.1) is 5.69 Å². The molecule has 2 fully saturated rings. The molecule has 0 spiro atoms. The minimum atomic E-state index is -0.00314. The van der Waals surface area contributed by atoms with Crippen LogP contribution in [-0.2, 0) is 13.0 Å². The minimum Gasteiger partial charge on any atom is -0.492 e. The van der Waals surface area contributed by atoms with Crippen LogP contribution in [0.2, 0.25) is 0 Å². The average molecular weight is 556 g/mol. The Balaban J connectivity index is 1.04. The predicted molar refractivity (Wildman–Crippen MR) is 163 cm³/mol. The molecule has 1 aromatic heterocycles. The lowest BCUT2D eigenvalue weighted by Gasteiger charge is -2.32. The van der Waals surface area contributed by atoms with Crippen LogP contribution < -0.4 is 20.3 Å². The van der Waals surface area contributed by atoms with Crippen molar-refractivity contribution in [2.75, 3.05) is 61.4 Å². The third kappa shape index (κ3) is 6.90. The molecule has 0 atom stereocenters. The summed E-state index contributed by atoms with van der Waals surface area (Å²) in [6.07, 6.45) is 8.74. The number of nitrogens with one attached hydrogen (secondary N) is 2. The molecule has 9 heteroatoms. The number of aromatic nitrogens is 2. The van der Waals surface area contributed by atoms with Crippen LogP contribution in [0.4, 0.5) is 27.8 Å². The first-order valence-electron chi connectivity index (χ1n) is 15.1. The maximum absolute atomic E-state index is 12.7. The van der Waals surface area contributed by atoms with Gasteiger partial charge in [-0.25, -0.2) is 14.8 Å². The molecule has 2 saturated heterocycles. The number of benzene rings is 2. The highest BCUT2D eigenvalue weighted by atomic mass is 16.5. The van der Waals surface area contributed by atoms with Crippen molar-refractivity contribution in [3.05, 3.63) is 65.5 Å². The normalized spacial score (nSPS) is 17.3. The minimum absolute atomic E-state index is 0.00314. The lowest BCUT2D eigenvalue weighted by atomic mass is 10.0. The number of carbonyl (C=O) groups excluding carboxylic acids is 1. The molecule has 41 heavy (non-hydrogen) atoms. The molecule has 3 aliphatic heterocycles. The van der Waals surface area contributed by atoms with Gasteiger partial charge in [0.2, 0.25) is 5.95 Å². The van der Waals surface area contributed by atoms with E-state index in [1.807, 2.05) is 41.4 Å². The second-order valence-electron chi connectivity index (χ2n) is 11.4. The number of piperidine rings is 1. The summed E-state index contributed by atoms with van der Waals surface area (Å²) in [5.74, 6) is 1.49.